The van der Waals surface area contributed by atoms with E-state index in [0.29, 0.717) is 5.75 Å². The maximum absolute atomic E-state index is 11.6. The van der Waals surface area contributed by atoms with Gasteiger partial charge in [-0.2, -0.15) is 0 Å². The van der Waals surface area contributed by atoms with Crippen LogP contribution in [0.5, 0.6) is 5.75 Å². The summed E-state index contributed by atoms with van der Waals surface area (Å²) in [6.07, 6.45) is -1.91. The standard InChI is InChI=1S/C15H14O5/c1-10(9-14(16)17)19-15(18)20-13-8-4-6-11-5-2-3-7-12(11)13/h2-8,10H,9H2,1H3,(H,16,17). The van der Waals surface area contributed by atoms with Gasteiger partial charge in [0.2, 0.25) is 0 Å². The van der Waals surface area contributed by atoms with Gasteiger partial charge in [0.1, 0.15) is 11.9 Å². The number of carboxylic acids is 1. The Labute approximate surface area is 115 Å². The minimum Gasteiger partial charge on any atom is -0.481 e. The molecule has 1 N–H and O–H groups in total. The molecular formula is C15H14O5. The summed E-state index contributed by atoms with van der Waals surface area (Å²) in [4.78, 5) is 22.1. The molecule has 5 nitrogen and oxygen atoms in total. The van der Waals surface area contributed by atoms with E-state index in [2.05, 4.69) is 0 Å². The summed E-state index contributed by atoms with van der Waals surface area (Å²) in [5.41, 5.74) is 0. The molecule has 2 aromatic rings. The van der Waals surface area contributed by atoms with Gasteiger partial charge in [0.25, 0.3) is 0 Å². The highest BCUT2D eigenvalue weighted by Gasteiger charge is 2.15. The van der Waals surface area contributed by atoms with Gasteiger partial charge in [-0.15, -0.1) is 0 Å². The summed E-state index contributed by atoms with van der Waals surface area (Å²) >= 11 is 0. The molecule has 0 amide bonds. The van der Waals surface area contributed by atoms with Crippen LogP contribution in [-0.2, 0) is 9.53 Å². The maximum Gasteiger partial charge on any atom is 0.514 e. The molecule has 0 aromatic heterocycles. The summed E-state index contributed by atoms with van der Waals surface area (Å²) in [5, 5.41) is 10.3. The lowest BCUT2D eigenvalue weighted by atomic mass is 10.1. The topological polar surface area (TPSA) is 72.8 Å². The van der Waals surface area contributed by atoms with Crippen LogP contribution in [-0.4, -0.2) is 23.3 Å². The Kier molecular flexibility index (Phi) is 4.20. The van der Waals surface area contributed by atoms with Crippen molar-refractivity contribution in [3.05, 3.63) is 42.5 Å². The molecule has 0 spiro atoms. The molecule has 0 radical (unpaired) electrons. The van der Waals surface area contributed by atoms with Crippen molar-refractivity contribution in [3.8, 4) is 5.75 Å². The smallest absolute Gasteiger partial charge is 0.481 e. The monoisotopic (exact) mass is 274 g/mol. The molecule has 1 atom stereocenters. The molecular weight excluding hydrogens is 260 g/mol. The molecule has 0 fully saturated rings. The van der Waals surface area contributed by atoms with Crippen LogP contribution >= 0.6 is 0 Å². The predicted molar refractivity (Wildman–Crippen MR) is 72.8 cm³/mol. The largest absolute Gasteiger partial charge is 0.514 e. The lowest BCUT2D eigenvalue weighted by Gasteiger charge is -2.12. The Morgan fingerprint density at radius 1 is 1.15 bits per heavy atom. The van der Waals surface area contributed by atoms with Crippen molar-refractivity contribution in [2.75, 3.05) is 0 Å². The van der Waals surface area contributed by atoms with Gasteiger partial charge in [-0.3, -0.25) is 4.79 Å². The molecule has 0 saturated carbocycles. The second kappa shape index (κ2) is 6.06. The zero-order valence-electron chi connectivity index (χ0n) is 10.9. The van der Waals surface area contributed by atoms with Crippen LogP contribution in [0.3, 0.4) is 0 Å². The average Bonchev–Trinajstić information content (AvgIpc) is 2.38. The van der Waals surface area contributed by atoms with E-state index in [9.17, 15) is 9.59 Å². The van der Waals surface area contributed by atoms with Crippen molar-refractivity contribution in [1.82, 2.24) is 0 Å². The first-order valence-corrected chi connectivity index (χ1v) is 6.14. The Bertz CT molecular complexity index is 630. The first-order valence-electron chi connectivity index (χ1n) is 6.14. The number of hydrogen-bond acceptors (Lipinski definition) is 4. The van der Waals surface area contributed by atoms with Gasteiger partial charge >= 0.3 is 12.1 Å². The number of fused-ring (bicyclic) bond motifs is 1. The van der Waals surface area contributed by atoms with Crippen LogP contribution < -0.4 is 4.74 Å². The fraction of sp³-hybridized carbons (Fsp3) is 0.200. The van der Waals surface area contributed by atoms with Crippen molar-refractivity contribution < 1.29 is 24.2 Å². The first-order chi connectivity index (χ1) is 9.56. The molecule has 2 aromatic carbocycles. The minimum absolute atomic E-state index is 0.259. The molecule has 0 aliphatic heterocycles. The van der Waals surface area contributed by atoms with Crippen LogP contribution in [0.4, 0.5) is 4.79 Å². The van der Waals surface area contributed by atoms with E-state index < -0.39 is 18.2 Å². The fourth-order valence-electron chi connectivity index (χ4n) is 1.85. The number of carboxylic acid groups (broad SMARTS) is 1. The molecule has 0 bridgehead atoms. The van der Waals surface area contributed by atoms with E-state index in [-0.39, 0.29) is 6.42 Å². The number of aliphatic carboxylic acids is 1. The summed E-state index contributed by atoms with van der Waals surface area (Å²) in [6.45, 7) is 1.50. The molecule has 20 heavy (non-hydrogen) atoms. The van der Waals surface area contributed by atoms with Gasteiger partial charge in [-0.1, -0.05) is 36.4 Å². The number of carbonyl (C=O) groups is 2. The molecule has 0 aliphatic rings. The molecule has 104 valence electrons. The fourth-order valence-corrected chi connectivity index (χ4v) is 1.85. The van der Waals surface area contributed by atoms with Crippen molar-refractivity contribution >= 4 is 22.9 Å². The number of ether oxygens (including phenoxy) is 2. The number of hydrogen-bond donors (Lipinski definition) is 1. The average molecular weight is 274 g/mol. The highest BCUT2D eigenvalue weighted by Crippen LogP contribution is 2.25. The predicted octanol–water partition coefficient (Wildman–Crippen LogP) is 3.22. The van der Waals surface area contributed by atoms with Crippen LogP contribution in [0.25, 0.3) is 10.8 Å². The highest BCUT2D eigenvalue weighted by atomic mass is 16.7. The quantitative estimate of drug-likeness (QED) is 0.684. The zero-order valence-corrected chi connectivity index (χ0v) is 10.9. The van der Waals surface area contributed by atoms with Crippen molar-refractivity contribution in [3.63, 3.8) is 0 Å². The van der Waals surface area contributed by atoms with Crippen LogP contribution in [0, 0.1) is 0 Å². The van der Waals surface area contributed by atoms with Gasteiger partial charge < -0.3 is 14.6 Å². The third-order valence-electron chi connectivity index (χ3n) is 2.70. The molecule has 0 heterocycles. The van der Waals surface area contributed by atoms with Gasteiger partial charge in [0.05, 0.1) is 6.42 Å². The van der Waals surface area contributed by atoms with Gasteiger partial charge in [0.15, 0.2) is 0 Å². The second-order valence-electron chi connectivity index (χ2n) is 4.36. The van der Waals surface area contributed by atoms with Crippen molar-refractivity contribution in [1.29, 1.82) is 0 Å². The molecule has 5 heteroatoms. The van der Waals surface area contributed by atoms with E-state index >= 15 is 0 Å². The summed E-state index contributed by atoms with van der Waals surface area (Å²) < 4.78 is 10.00. The maximum atomic E-state index is 11.6. The third kappa shape index (κ3) is 3.47. The van der Waals surface area contributed by atoms with E-state index in [1.807, 2.05) is 30.3 Å². The van der Waals surface area contributed by atoms with E-state index in [1.165, 1.54) is 6.92 Å². The molecule has 0 aliphatic carbocycles. The molecule has 2 rings (SSSR count). The Balaban J connectivity index is 2.08. The van der Waals surface area contributed by atoms with Crippen molar-refractivity contribution in [2.24, 2.45) is 0 Å². The number of benzene rings is 2. The Morgan fingerprint density at radius 3 is 2.60 bits per heavy atom. The third-order valence-corrected chi connectivity index (χ3v) is 2.70. The highest BCUT2D eigenvalue weighted by molar-refractivity contribution is 5.89. The van der Waals surface area contributed by atoms with Gasteiger partial charge in [-0.25, -0.2) is 4.79 Å². The number of carbonyl (C=O) groups excluding carboxylic acids is 1. The van der Waals surface area contributed by atoms with Crippen LogP contribution in [0.15, 0.2) is 42.5 Å². The van der Waals surface area contributed by atoms with Gasteiger partial charge in [-0.05, 0) is 18.4 Å². The SMILES string of the molecule is CC(CC(=O)O)OC(=O)Oc1cccc2ccccc12. The number of rotatable bonds is 4. The normalized spacial score (nSPS) is 11.8. The minimum atomic E-state index is -1.03. The Morgan fingerprint density at radius 2 is 1.85 bits per heavy atom. The summed E-state index contributed by atoms with van der Waals surface area (Å²) in [6, 6.07) is 12.8. The summed E-state index contributed by atoms with van der Waals surface area (Å²) in [5.74, 6) is -0.647. The van der Waals surface area contributed by atoms with E-state index in [4.69, 9.17) is 14.6 Å². The zero-order chi connectivity index (χ0) is 14.5. The second-order valence-corrected chi connectivity index (χ2v) is 4.36. The lowest BCUT2D eigenvalue weighted by Crippen LogP contribution is -2.20. The Hall–Kier alpha value is -2.56. The molecule has 0 saturated heterocycles. The van der Waals surface area contributed by atoms with Crippen molar-refractivity contribution in [2.45, 2.75) is 19.4 Å². The molecule has 1 unspecified atom stereocenters. The van der Waals surface area contributed by atoms with Gasteiger partial charge in [0, 0.05) is 5.39 Å². The van der Waals surface area contributed by atoms with E-state index in [0.717, 1.165) is 10.8 Å². The first kappa shape index (κ1) is 13.9. The van der Waals surface area contributed by atoms with Crippen LogP contribution in [0.1, 0.15) is 13.3 Å². The summed E-state index contributed by atoms with van der Waals surface area (Å²) in [7, 11) is 0. The lowest BCUT2D eigenvalue weighted by molar-refractivity contribution is -0.139. The van der Waals surface area contributed by atoms with Crippen LogP contribution in [0.2, 0.25) is 0 Å². The van der Waals surface area contributed by atoms with E-state index in [1.54, 1.807) is 12.1 Å².